The van der Waals surface area contributed by atoms with E-state index in [9.17, 15) is 56.4 Å². The molecule has 1 atom stereocenters. The molecule has 0 aromatic carbocycles. The summed E-state index contributed by atoms with van der Waals surface area (Å²) < 4.78 is 36.3. The lowest BCUT2D eigenvalue weighted by Gasteiger charge is -2.16. The monoisotopic (exact) mass is 853 g/mol. The molecule has 0 aromatic heterocycles. The Hall–Kier alpha value is -5.61. The van der Waals surface area contributed by atoms with Crippen molar-refractivity contribution in [3.8, 4) is 0 Å². The maximum Gasteiger partial charge on any atom is 0.276 e. The molecule has 3 aliphatic rings. The van der Waals surface area contributed by atoms with Crippen molar-refractivity contribution in [2.24, 2.45) is 0 Å². The van der Waals surface area contributed by atoms with Gasteiger partial charge in [0.2, 0.25) is 23.6 Å². The molecular formula is C37H55N7O14S. The fourth-order valence-corrected chi connectivity index (χ4v) is 5.84. The highest BCUT2D eigenvalue weighted by atomic mass is 32.2. The number of nitrogens with one attached hydrogen (secondary N) is 4. The van der Waals surface area contributed by atoms with E-state index in [0.29, 0.717) is 25.9 Å². The second-order valence-corrected chi connectivity index (χ2v) is 14.4. The summed E-state index contributed by atoms with van der Waals surface area (Å²) >= 11 is 0. The first-order valence-corrected chi connectivity index (χ1v) is 20.7. The van der Waals surface area contributed by atoms with Gasteiger partial charge in [0.05, 0.1) is 13.2 Å². The van der Waals surface area contributed by atoms with Gasteiger partial charge in [-0.1, -0.05) is 33.6 Å². The summed E-state index contributed by atoms with van der Waals surface area (Å²) in [5.41, 5.74) is 0. The second-order valence-electron chi connectivity index (χ2n) is 12.8. The molecule has 21 nitrogen and oxygen atoms in total. The Bertz CT molecular complexity index is 1670. The molecule has 0 bridgehead atoms. The molecule has 3 aliphatic heterocycles. The summed E-state index contributed by atoms with van der Waals surface area (Å²) in [7, 11) is -4.47. The van der Waals surface area contributed by atoms with E-state index in [4.69, 9.17) is 9.29 Å². The number of hydrogen-bond donors (Lipinski definition) is 5. The third-order valence-corrected chi connectivity index (χ3v) is 9.30. The van der Waals surface area contributed by atoms with Crippen molar-refractivity contribution in [2.45, 2.75) is 77.4 Å². The quantitative estimate of drug-likeness (QED) is 0.0427. The average molecular weight is 854 g/mol. The van der Waals surface area contributed by atoms with Crippen molar-refractivity contribution in [2.75, 3.05) is 59.0 Å². The van der Waals surface area contributed by atoms with E-state index in [-0.39, 0.29) is 107 Å². The lowest BCUT2D eigenvalue weighted by molar-refractivity contribution is -0.138. The lowest BCUT2D eigenvalue weighted by Crippen LogP contribution is -2.44. The molecule has 59 heavy (non-hydrogen) atoms. The van der Waals surface area contributed by atoms with Crippen LogP contribution in [0.25, 0.3) is 0 Å². The topological polar surface area (TPSA) is 292 Å². The number of rotatable bonds is 24. The molecule has 0 aromatic rings. The molecule has 0 aliphatic carbocycles. The first-order chi connectivity index (χ1) is 28.0. The molecule has 1 unspecified atom stereocenters. The van der Waals surface area contributed by atoms with Crippen LogP contribution in [0.2, 0.25) is 0 Å². The normalized spacial score (nSPS) is 14.9. The van der Waals surface area contributed by atoms with E-state index >= 15 is 0 Å². The number of carbonyl (C=O) groups excluding carboxylic acids is 10. The van der Waals surface area contributed by atoms with Crippen molar-refractivity contribution < 1.29 is 65.7 Å². The van der Waals surface area contributed by atoms with Gasteiger partial charge in [0.15, 0.2) is 5.25 Å². The van der Waals surface area contributed by atoms with Gasteiger partial charge in [0.25, 0.3) is 45.6 Å². The molecule has 10 amide bonds. The van der Waals surface area contributed by atoms with Gasteiger partial charge >= 0.3 is 0 Å². The summed E-state index contributed by atoms with van der Waals surface area (Å²) in [6.45, 7) is 7.59. The average Bonchev–Trinajstić information content (AvgIpc) is 3.81. The minimum Gasteiger partial charge on any atom is -0.380 e. The van der Waals surface area contributed by atoms with Crippen LogP contribution in [0.1, 0.15) is 72.1 Å². The van der Waals surface area contributed by atoms with E-state index in [0.717, 1.165) is 46.1 Å². The maximum absolute atomic E-state index is 11.7. The van der Waals surface area contributed by atoms with Crippen LogP contribution in [0.4, 0.5) is 0 Å². The van der Waals surface area contributed by atoms with Crippen molar-refractivity contribution in [3.63, 3.8) is 0 Å². The Kier molecular flexibility index (Phi) is 24.3. The Morgan fingerprint density at radius 2 is 0.915 bits per heavy atom. The minimum absolute atomic E-state index is 0.00615. The molecule has 0 spiro atoms. The second kappa shape index (κ2) is 27.9. The van der Waals surface area contributed by atoms with Gasteiger partial charge in [0.1, 0.15) is 0 Å². The van der Waals surface area contributed by atoms with E-state index in [1.807, 2.05) is 13.8 Å². The zero-order valence-corrected chi connectivity index (χ0v) is 34.4. The van der Waals surface area contributed by atoms with E-state index in [1.54, 1.807) is 6.92 Å². The largest absolute Gasteiger partial charge is 0.380 e. The predicted octanol–water partition coefficient (Wildman–Crippen LogP) is -1.35. The van der Waals surface area contributed by atoms with Gasteiger partial charge < -0.3 is 26.0 Å². The Labute approximate surface area is 343 Å². The van der Waals surface area contributed by atoms with E-state index in [2.05, 4.69) is 21.3 Å². The van der Waals surface area contributed by atoms with Crippen LogP contribution >= 0.6 is 0 Å². The molecule has 3 heterocycles. The Morgan fingerprint density at radius 1 is 0.559 bits per heavy atom. The van der Waals surface area contributed by atoms with E-state index in [1.165, 1.54) is 24.3 Å². The van der Waals surface area contributed by atoms with Crippen LogP contribution in [0.15, 0.2) is 36.5 Å². The third-order valence-electron chi connectivity index (χ3n) is 8.13. The molecule has 0 saturated carbocycles. The summed E-state index contributed by atoms with van der Waals surface area (Å²) in [4.78, 5) is 116. The Morgan fingerprint density at radius 3 is 1.25 bits per heavy atom. The standard InChI is InChI=1S/C15H23N3O5.C11H16N2O6S.C11H16N2O3/c1-2-7-16-12(19)5-10-23-11-6-13(20)17-8-9-18-14(21)3-4-15(18)22;1-2-3-8(20(17,18)19)11(16)12-6-7-13-9(14)4-5-10(13)15;1-2-3-4-9(14)12-7-8-13-10(15)5-6-11(13)16/h3-4H,2,5-11H2,1H3,(H,16,19)(H,17,20);4-5,8H,2-3,6-7H2,1H3,(H,12,16)(H,17,18,19);5-6H,2-4,7-8H2,1H3,(H,12,14). The highest BCUT2D eigenvalue weighted by molar-refractivity contribution is 7.87. The van der Waals surface area contributed by atoms with Gasteiger partial charge in [-0.2, -0.15) is 8.42 Å². The first-order valence-electron chi connectivity index (χ1n) is 19.2. The minimum atomic E-state index is -4.47. The van der Waals surface area contributed by atoms with Gasteiger partial charge in [-0.05, 0) is 19.3 Å². The fraction of sp³-hybridized carbons (Fsp3) is 0.568. The molecule has 3 rings (SSSR count). The van der Waals surface area contributed by atoms with Crippen LogP contribution < -0.4 is 21.3 Å². The molecule has 22 heteroatoms. The summed E-state index contributed by atoms with van der Waals surface area (Å²) in [5.74, 6) is -3.50. The van der Waals surface area contributed by atoms with Crippen LogP contribution in [-0.4, -0.2) is 151 Å². The summed E-state index contributed by atoms with van der Waals surface area (Å²) in [5, 5.41) is 8.77. The highest BCUT2D eigenvalue weighted by Gasteiger charge is 2.30. The Balaban J connectivity index is 0.000000450. The number of unbranched alkanes of at least 4 members (excludes halogenated alkanes) is 1. The zero-order chi connectivity index (χ0) is 44.4. The molecule has 0 fully saturated rings. The SMILES string of the molecule is CCCC(C(=O)NCCN1C(=O)C=CC1=O)S(=O)(=O)O.CCCCC(=O)NCCN1C(=O)C=CC1=O.CCCNC(=O)CCOCCC(=O)NCCN1C(=O)C=CC1=O. The van der Waals surface area contributed by atoms with Gasteiger partial charge in [-0.25, -0.2) is 0 Å². The van der Waals surface area contributed by atoms with Gasteiger partial charge in [0, 0.05) is 102 Å². The maximum atomic E-state index is 11.7. The lowest BCUT2D eigenvalue weighted by atomic mass is 10.2. The van der Waals surface area contributed by atoms with Crippen molar-refractivity contribution in [3.05, 3.63) is 36.5 Å². The zero-order valence-electron chi connectivity index (χ0n) is 33.6. The highest BCUT2D eigenvalue weighted by Crippen LogP contribution is 2.08. The van der Waals surface area contributed by atoms with Gasteiger partial charge in [-0.3, -0.25) is 67.2 Å². The van der Waals surface area contributed by atoms with Crippen molar-refractivity contribution >= 4 is 69.2 Å². The van der Waals surface area contributed by atoms with Gasteiger partial charge in [-0.15, -0.1) is 0 Å². The van der Waals surface area contributed by atoms with Crippen molar-refractivity contribution in [1.29, 1.82) is 0 Å². The number of hydrogen-bond acceptors (Lipinski definition) is 13. The van der Waals surface area contributed by atoms with Crippen LogP contribution in [0, 0.1) is 0 Å². The van der Waals surface area contributed by atoms with Crippen LogP contribution in [0.3, 0.4) is 0 Å². The molecule has 5 N–H and O–H groups in total. The number of amides is 10. The third kappa shape index (κ3) is 20.6. The first kappa shape index (κ1) is 51.4. The molecular weight excluding hydrogens is 799 g/mol. The molecule has 0 radical (unpaired) electrons. The number of carbonyl (C=O) groups is 10. The number of imide groups is 3. The number of ether oxygens (including phenoxy) is 1. The summed E-state index contributed by atoms with van der Waals surface area (Å²) in [6.07, 6.45) is 11.2. The predicted molar refractivity (Wildman–Crippen MR) is 210 cm³/mol. The number of nitrogens with zero attached hydrogens (tertiary/aromatic N) is 3. The smallest absolute Gasteiger partial charge is 0.276 e. The summed E-state index contributed by atoms with van der Waals surface area (Å²) in [6, 6.07) is 0. The van der Waals surface area contributed by atoms with Crippen LogP contribution in [0.5, 0.6) is 0 Å². The molecule has 328 valence electrons. The molecule has 0 saturated heterocycles. The van der Waals surface area contributed by atoms with Crippen LogP contribution in [-0.2, 0) is 62.8 Å². The van der Waals surface area contributed by atoms with E-state index < -0.39 is 33.1 Å². The van der Waals surface area contributed by atoms with Crippen molar-refractivity contribution in [1.82, 2.24) is 36.0 Å². The fourth-order valence-electron chi connectivity index (χ4n) is 4.95.